The van der Waals surface area contributed by atoms with E-state index in [-0.39, 0.29) is 19.4 Å². The fourth-order valence-electron chi connectivity index (χ4n) is 5.07. The van der Waals surface area contributed by atoms with E-state index in [1.165, 1.54) is 27.7 Å². The van der Waals surface area contributed by atoms with Gasteiger partial charge in [0.15, 0.2) is 6.23 Å². The lowest BCUT2D eigenvalue weighted by Gasteiger charge is -2.43. The van der Waals surface area contributed by atoms with Gasteiger partial charge in [0.2, 0.25) is 35.4 Å². The zero-order valence-electron chi connectivity index (χ0n) is 31.2. The maximum atomic E-state index is 13.2. The fourth-order valence-corrected chi connectivity index (χ4v) is 5.07. The van der Waals surface area contributed by atoms with Crippen LogP contribution in [0.15, 0.2) is 5.11 Å². The van der Waals surface area contributed by atoms with Gasteiger partial charge in [0.25, 0.3) is 5.91 Å². The monoisotopic (exact) mass is 787 g/mol. The smallest absolute Gasteiger partial charge is 0.303 e. The number of nitrogens with one attached hydrogen (secondary N) is 6. The van der Waals surface area contributed by atoms with Crippen molar-refractivity contribution in [3.05, 3.63) is 10.4 Å². The molecule has 0 aromatic heterocycles. The number of carbonyl (C=O) groups excluding carboxylic acids is 7. The Morgan fingerprint density at radius 1 is 0.855 bits per heavy atom. The molecule has 13 N–H and O–H groups in total. The predicted octanol–water partition coefficient (Wildman–Crippen LogP) is -4.38. The summed E-state index contributed by atoms with van der Waals surface area (Å²) in [7, 11) is 0. The largest absolute Gasteiger partial charge is 0.481 e. The Hall–Kier alpha value is -4.97. The van der Waals surface area contributed by atoms with Gasteiger partial charge in [-0.1, -0.05) is 5.11 Å². The number of rotatable bonds is 22. The van der Waals surface area contributed by atoms with Gasteiger partial charge in [-0.15, -0.1) is 0 Å². The first-order valence-corrected chi connectivity index (χ1v) is 17.4. The second-order valence-corrected chi connectivity index (χ2v) is 12.9. The Bertz CT molecular complexity index is 1430. The summed E-state index contributed by atoms with van der Waals surface area (Å²) in [6.45, 7) is 5.74. The number of aliphatic hydroxyl groups excluding tert-OH is 2. The zero-order chi connectivity index (χ0) is 42.0. The molecule has 1 aliphatic heterocycles. The first-order chi connectivity index (χ1) is 25.8. The quantitative estimate of drug-likeness (QED) is 0.0214. The Morgan fingerprint density at radius 3 is 1.96 bits per heavy atom. The summed E-state index contributed by atoms with van der Waals surface area (Å²) in [6, 6.07) is -7.57. The van der Waals surface area contributed by atoms with Crippen molar-refractivity contribution in [2.24, 2.45) is 16.6 Å². The predicted molar refractivity (Wildman–Crippen MR) is 188 cm³/mol. The van der Waals surface area contributed by atoms with Gasteiger partial charge in [-0.05, 0) is 65.5 Å². The number of ether oxygens (including phenoxy) is 2. The molecule has 55 heavy (non-hydrogen) atoms. The molecule has 11 atom stereocenters. The summed E-state index contributed by atoms with van der Waals surface area (Å²) in [5, 5.41) is 46.9. The number of azide groups is 1. The van der Waals surface area contributed by atoms with Crippen LogP contribution < -0.4 is 43.4 Å². The van der Waals surface area contributed by atoms with Gasteiger partial charge in [0.1, 0.15) is 48.6 Å². The van der Waals surface area contributed by atoms with E-state index in [1.807, 2.05) is 5.32 Å². The lowest BCUT2D eigenvalue weighted by atomic mass is 9.95. The molecule has 1 saturated heterocycles. The highest BCUT2D eigenvalue weighted by Gasteiger charge is 2.47. The molecule has 0 bridgehead atoms. The molecule has 24 heteroatoms. The van der Waals surface area contributed by atoms with Crippen LogP contribution in [-0.2, 0) is 47.8 Å². The van der Waals surface area contributed by atoms with Gasteiger partial charge in [-0.2, -0.15) is 0 Å². The Labute approximate surface area is 316 Å². The van der Waals surface area contributed by atoms with Gasteiger partial charge in [0.05, 0.1) is 18.7 Å². The molecule has 1 aliphatic rings. The number of nitrogens with two attached hydrogens (primary N) is 2. The normalized spacial score (nSPS) is 22.5. The van der Waals surface area contributed by atoms with E-state index in [0.717, 1.165) is 6.92 Å². The fraction of sp³-hybridized carbons (Fsp3) is 0.742. The minimum Gasteiger partial charge on any atom is -0.481 e. The van der Waals surface area contributed by atoms with E-state index in [9.17, 15) is 48.6 Å². The van der Waals surface area contributed by atoms with Crippen LogP contribution in [0.5, 0.6) is 0 Å². The molecule has 1 heterocycles. The van der Waals surface area contributed by atoms with Crippen molar-refractivity contribution in [1.82, 2.24) is 31.9 Å². The van der Waals surface area contributed by atoms with Crippen LogP contribution in [0.2, 0.25) is 0 Å². The highest BCUT2D eigenvalue weighted by atomic mass is 16.6. The van der Waals surface area contributed by atoms with Gasteiger partial charge in [-0.25, -0.2) is 0 Å². The summed E-state index contributed by atoms with van der Waals surface area (Å²) in [6.07, 6.45) is -7.24. The average molecular weight is 788 g/mol. The summed E-state index contributed by atoms with van der Waals surface area (Å²) >= 11 is 0. The van der Waals surface area contributed by atoms with Gasteiger partial charge in [0, 0.05) is 18.3 Å². The molecule has 7 amide bonds. The average Bonchev–Trinajstić information content (AvgIpc) is 3.11. The molecule has 310 valence electrons. The second kappa shape index (κ2) is 23.7. The van der Waals surface area contributed by atoms with Crippen LogP contribution in [0.25, 0.3) is 10.4 Å². The van der Waals surface area contributed by atoms with Gasteiger partial charge < -0.3 is 62.8 Å². The Morgan fingerprint density at radius 2 is 1.42 bits per heavy atom. The van der Waals surface area contributed by atoms with Crippen molar-refractivity contribution in [3.8, 4) is 0 Å². The second-order valence-electron chi connectivity index (χ2n) is 12.9. The first kappa shape index (κ1) is 48.0. The third-order valence-corrected chi connectivity index (χ3v) is 8.16. The first-order valence-electron chi connectivity index (χ1n) is 17.4. The highest BCUT2D eigenvalue weighted by Crippen LogP contribution is 2.26. The lowest BCUT2D eigenvalue weighted by Crippen LogP contribution is -2.65. The summed E-state index contributed by atoms with van der Waals surface area (Å²) < 4.78 is 11.0. The lowest BCUT2D eigenvalue weighted by molar-refractivity contribution is -0.215. The molecule has 0 spiro atoms. The number of aliphatic carboxylic acids is 1. The number of carboxylic acids is 1. The highest BCUT2D eigenvalue weighted by molar-refractivity contribution is 6.01. The summed E-state index contributed by atoms with van der Waals surface area (Å²) in [4.78, 5) is 103. The van der Waals surface area contributed by atoms with Gasteiger partial charge in [-0.3, -0.25) is 43.7 Å². The SMILES string of the molecule is CC(=O)N[C@@H]1[C@@H](O[C@H](C)C(=O)NC(=O)[C@@H](C)NC(=O)[C@@H](C)NC(=O)[C@H](CCCCN)NC(=O)[C@@H](CCC(=O)O)NC(=O)[C@H](C)N)[C@H](O)[C@@H](CO)O[C@H]1N=[N+]=[N-]. The van der Waals surface area contributed by atoms with E-state index in [4.69, 9.17) is 31.6 Å². The molecular formula is C31H53N11O13. The molecule has 0 aliphatic carbocycles. The van der Waals surface area contributed by atoms with Gasteiger partial charge >= 0.3 is 5.97 Å². The molecule has 1 fully saturated rings. The minimum absolute atomic E-state index is 0.0560. The van der Waals surface area contributed by atoms with Crippen molar-refractivity contribution < 1.29 is 63.1 Å². The molecule has 0 unspecified atom stereocenters. The van der Waals surface area contributed by atoms with Crippen LogP contribution in [0.3, 0.4) is 0 Å². The standard InChI is InChI=1S/C31H53N11O13/c1-13(33)25(48)38-19(9-10-21(45)46)30(53)39-18(8-6-7-11-32)29(52)36-14(2)26(49)35-15(3)27(50)40-28(51)16(4)54-24-22(37-17(5)44)31(41-42-34)55-20(12-43)23(24)47/h13-16,18-20,22-24,31,43,47H,6-12,32-33H2,1-5H3,(H,35,49)(H,36,52)(H,37,44)(H,38,48)(H,39,53)(H,45,46)(H,40,50,51)/t13-,14+,15+,16+,18-,19+,20+,22+,23+,24+,31+/m0/s1. The van der Waals surface area contributed by atoms with Crippen LogP contribution >= 0.6 is 0 Å². The number of carboxylic acid groups (broad SMARTS) is 1. The maximum Gasteiger partial charge on any atom is 0.303 e. The van der Waals surface area contributed by atoms with Crippen molar-refractivity contribution in [3.63, 3.8) is 0 Å². The number of unbranched alkanes of at least 4 members (excludes halogenated alkanes) is 1. The molecule has 0 saturated carbocycles. The van der Waals surface area contributed by atoms with Crippen LogP contribution in [0.1, 0.15) is 66.7 Å². The van der Waals surface area contributed by atoms with Crippen LogP contribution in [0, 0.1) is 0 Å². The molecule has 0 aromatic carbocycles. The van der Waals surface area contributed by atoms with E-state index in [2.05, 4.69) is 36.6 Å². The number of nitrogens with zero attached hydrogens (tertiary/aromatic N) is 3. The molecule has 24 nitrogen and oxygen atoms in total. The van der Waals surface area contributed by atoms with Crippen LogP contribution in [0.4, 0.5) is 0 Å². The summed E-state index contributed by atoms with van der Waals surface area (Å²) in [5.41, 5.74) is 20.0. The Balaban J connectivity index is 2.95. The van der Waals surface area contributed by atoms with Crippen molar-refractivity contribution in [2.75, 3.05) is 13.2 Å². The Kier molecular flexibility index (Phi) is 20.7. The molecular weight excluding hydrogens is 734 g/mol. The maximum absolute atomic E-state index is 13.2. The third-order valence-electron chi connectivity index (χ3n) is 8.16. The number of imide groups is 1. The van der Waals surface area contributed by atoms with Crippen molar-refractivity contribution in [2.45, 2.75) is 134 Å². The zero-order valence-corrected chi connectivity index (χ0v) is 31.2. The number of amides is 7. The van der Waals surface area contributed by atoms with E-state index >= 15 is 0 Å². The van der Waals surface area contributed by atoms with Crippen molar-refractivity contribution in [1.29, 1.82) is 0 Å². The molecule has 0 aromatic rings. The molecule has 0 radical (unpaired) electrons. The topological polar surface area (TPSA) is 389 Å². The number of aliphatic hydroxyl groups is 2. The van der Waals surface area contributed by atoms with Crippen LogP contribution in [-0.4, -0.2) is 143 Å². The van der Waals surface area contributed by atoms with E-state index in [1.54, 1.807) is 0 Å². The summed E-state index contributed by atoms with van der Waals surface area (Å²) in [5.74, 6) is -7.19. The van der Waals surface area contributed by atoms with E-state index in [0.29, 0.717) is 12.8 Å². The molecule has 1 rings (SSSR count). The van der Waals surface area contributed by atoms with Crippen molar-refractivity contribution >= 4 is 47.3 Å². The third kappa shape index (κ3) is 16.1. The number of hydrogen-bond acceptors (Lipinski definition) is 15. The van der Waals surface area contributed by atoms with E-state index < -0.39 is 127 Å². The minimum atomic E-state index is -1.62. The number of hydrogen-bond donors (Lipinski definition) is 11. The number of carbonyl (C=O) groups is 8.